The summed E-state index contributed by atoms with van der Waals surface area (Å²) in [6, 6.07) is 0. The lowest BCUT2D eigenvalue weighted by Crippen LogP contribution is -2.33. The number of carbonyl (C=O) groups excluding carboxylic acids is 1. The molecule has 1 amide bonds. The summed E-state index contributed by atoms with van der Waals surface area (Å²) in [5.74, 6) is 1.37. The third kappa shape index (κ3) is 4.50. The van der Waals surface area contributed by atoms with Gasteiger partial charge in [0.25, 0.3) is 0 Å². The van der Waals surface area contributed by atoms with Crippen LogP contribution in [0.25, 0.3) is 0 Å². The maximum atomic E-state index is 11.7. The molecule has 0 radical (unpaired) electrons. The molecular formula is C13H23NO. The van der Waals surface area contributed by atoms with Gasteiger partial charge in [-0.25, -0.2) is 0 Å². The van der Waals surface area contributed by atoms with Crippen LogP contribution >= 0.6 is 0 Å². The van der Waals surface area contributed by atoms with Crippen molar-refractivity contribution in [2.45, 2.75) is 46.0 Å². The van der Waals surface area contributed by atoms with E-state index >= 15 is 0 Å². The van der Waals surface area contributed by atoms with Crippen molar-refractivity contribution in [3.63, 3.8) is 0 Å². The molecule has 0 spiro atoms. The summed E-state index contributed by atoms with van der Waals surface area (Å²) in [5.41, 5.74) is 0. The summed E-state index contributed by atoms with van der Waals surface area (Å²) < 4.78 is 0. The molecule has 0 aromatic carbocycles. The van der Waals surface area contributed by atoms with Crippen LogP contribution in [0.15, 0.2) is 12.2 Å². The molecule has 2 heteroatoms. The highest BCUT2D eigenvalue weighted by molar-refractivity contribution is 5.78. The molecule has 0 unspecified atom stereocenters. The van der Waals surface area contributed by atoms with Crippen molar-refractivity contribution in [2.75, 3.05) is 6.54 Å². The van der Waals surface area contributed by atoms with Crippen LogP contribution in [0.2, 0.25) is 0 Å². The smallest absolute Gasteiger partial charge is 0.223 e. The molecule has 15 heavy (non-hydrogen) atoms. The number of hydrogen-bond donors (Lipinski definition) is 1. The van der Waals surface area contributed by atoms with E-state index in [0.29, 0.717) is 0 Å². The van der Waals surface area contributed by atoms with E-state index in [0.717, 1.165) is 31.7 Å². The fourth-order valence-electron chi connectivity index (χ4n) is 2.11. The lowest BCUT2D eigenvalue weighted by molar-refractivity contribution is -0.126. The number of nitrogens with one attached hydrogen (secondary N) is 1. The summed E-state index contributed by atoms with van der Waals surface area (Å²) in [5, 5.41) is 3.01. The third-order valence-electron chi connectivity index (χ3n) is 3.23. The highest BCUT2D eigenvalue weighted by Crippen LogP contribution is 2.28. The van der Waals surface area contributed by atoms with E-state index in [1.807, 2.05) is 13.0 Å². The molecule has 1 fully saturated rings. The van der Waals surface area contributed by atoms with Gasteiger partial charge in [0.15, 0.2) is 0 Å². The van der Waals surface area contributed by atoms with Crippen LogP contribution < -0.4 is 5.32 Å². The first-order chi connectivity index (χ1) is 7.24. The van der Waals surface area contributed by atoms with Gasteiger partial charge in [-0.05, 0) is 44.9 Å². The maximum absolute atomic E-state index is 11.7. The quantitative estimate of drug-likeness (QED) is 0.560. The van der Waals surface area contributed by atoms with Gasteiger partial charge in [0.1, 0.15) is 0 Å². The first kappa shape index (κ1) is 12.3. The second kappa shape index (κ2) is 6.65. The highest BCUT2D eigenvalue weighted by atomic mass is 16.1. The second-order valence-electron chi connectivity index (χ2n) is 4.61. The minimum absolute atomic E-state index is 0.270. The van der Waals surface area contributed by atoms with Crippen molar-refractivity contribution in [1.82, 2.24) is 5.32 Å². The standard InChI is InChI=1S/C13H23NO/c1-3-4-5-10-14-13(15)12-8-6-11(2)7-9-12/h3-4,11-12H,5-10H2,1-2H3,(H,14,15)/b4-3+. The summed E-state index contributed by atoms with van der Waals surface area (Å²) in [6.07, 6.45) is 9.65. The molecule has 0 heterocycles. The number of carbonyl (C=O) groups is 1. The molecule has 0 aromatic rings. The lowest BCUT2D eigenvalue weighted by Gasteiger charge is -2.25. The number of allylic oxidation sites excluding steroid dienone is 1. The van der Waals surface area contributed by atoms with Gasteiger partial charge in [0, 0.05) is 12.5 Å². The van der Waals surface area contributed by atoms with Crippen LogP contribution in [-0.2, 0) is 4.79 Å². The molecule has 1 saturated carbocycles. The minimum atomic E-state index is 0.270. The van der Waals surface area contributed by atoms with Crippen molar-refractivity contribution in [3.8, 4) is 0 Å². The van der Waals surface area contributed by atoms with Crippen LogP contribution in [0.5, 0.6) is 0 Å². The van der Waals surface area contributed by atoms with Gasteiger partial charge in [0.2, 0.25) is 5.91 Å². The monoisotopic (exact) mass is 209 g/mol. The number of hydrogen-bond acceptors (Lipinski definition) is 1. The van der Waals surface area contributed by atoms with E-state index < -0.39 is 0 Å². The molecule has 1 N–H and O–H groups in total. The zero-order valence-corrected chi connectivity index (χ0v) is 9.96. The normalized spacial score (nSPS) is 26.8. The van der Waals surface area contributed by atoms with Crippen LogP contribution in [0.1, 0.15) is 46.0 Å². The Morgan fingerprint density at radius 3 is 2.60 bits per heavy atom. The predicted molar refractivity (Wildman–Crippen MR) is 63.6 cm³/mol. The maximum Gasteiger partial charge on any atom is 0.223 e. The van der Waals surface area contributed by atoms with Gasteiger partial charge in [-0.15, -0.1) is 0 Å². The fourth-order valence-corrected chi connectivity index (χ4v) is 2.11. The molecule has 86 valence electrons. The molecule has 1 aliphatic carbocycles. The average molecular weight is 209 g/mol. The first-order valence-corrected chi connectivity index (χ1v) is 6.13. The Kier molecular flexibility index (Phi) is 5.44. The number of amides is 1. The minimum Gasteiger partial charge on any atom is -0.356 e. The summed E-state index contributed by atoms with van der Waals surface area (Å²) in [7, 11) is 0. The Labute approximate surface area is 93.1 Å². The molecule has 0 saturated heterocycles. The van der Waals surface area contributed by atoms with Crippen LogP contribution in [0.3, 0.4) is 0 Å². The van der Waals surface area contributed by atoms with E-state index in [1.54, 1.807) is 0 Å². The summed E-state index contributed by atoms with van der Waals surface area (Å²) in [4.78, 5) is 11.7. The summed E-state index contributed by atoms with van der Waals surface area (Å²) >= 11 is 0. The fraction of sp³-hybridized carbons (Fsp3) is 0.769. The van der Waals surface area contributed by atoms with E-state index in [9.17, 15) is 4.79 Å². The van der Waals surface area contributed by atoms with Gasteiger partial charge in [-0.2, -0.15) is 0 Å². The van der Waals surface area contributed by atoms with Gasteiger partial charge >= 0.3 is 0 Å². The van der Waals surface area contributed by atoms with Crippen LogP contribution in [-0.4, -0.2) is 12.5 Å². The van der Waals surface area contributed by atoms with Crippen LogP contribution in [0, 0.1) is 11.8 Å². The Bertz CT molecular complexity index is 215. The Morgan fingerprint density at radius 2 is 2.00 bits per heavy atom. The molecule has 0 bridgehead atoms. The molecular weight excluding hydrogens is 186 g/mol. The van der Waals surface area contributed by atoms with Crippen molar-refractivity contribution in [2.24, 2.45) is 11.8 Å². The van der Waals surface area contributed by atoms with Crippen molar-refractivity contribution >= 4 is 5.91 Å². The summed E-state index contributed by atoms with van der Waals surface area (Å²) in [6.45, 7) is 5.07. The van der Waals surface area contributed by atoms with Crippen molar-refractivity contribution in [3.05, 3.63) is 12.2 Å². The third-order valence-corrected chi connectivity index (χ3v) is 3.23. The average Bonchev–Trinajstić information content (AvgIpc) is 2.25. The largest absolute Gasteiger partial charge is 0.356 e. The molecule has 1 rings (SSSR count). The van der Waals surface area contributed by atoms with Gasteiger partial charge in [-0.1, -0.05) is 19.1 Å². The first-order valence-electron chi connectivity index (χ1n) is 6.13. The number of rotatable bonds is 4. The molecule has 0 atom stereocenters. The van der Waals surface area contributed by atoms with Crippen molar-refractivity contribution in [1.29, 1.82) is 0 Å². The van der Waals surface area contributed by atoms with E-state index in [1.165, 1.54) is 12.8 Å². The van der Waals surface area contributed by atoms with Gasteiger partial charge in [-0.3, -0.25) is 4.79 Å². The van der Waals surface area contributed by atoms with E-state index in [2.05, 4.69) is 18.3 Å². The van der Waals surface area contributed by atoms with Crippen LogP contribution in [0.4, 0.5) is 0 Å². The lowest BCUT2D eigenvalue weighted by atomic mass is 9.82. The predicted octanol–water partition coefficient (Wildman–Crippen LogP) is 2.90. The topological polar surface area (TPSA) is 29.1 Å². The van der Waals surface area contributed by atoms with Gasteiger partial charge in [0.05, 0.1) is 0 Å². The van der Waals surface area contributed by atoms with Gasteiger partial charge < -0.3 is 5.32 Å². The second-order valence-corrected chi connectivity index (χ2v) is 4.61. The highest BCUT2D eigenvalue weighted by Gasteiger charge is 2.23. The zero-order chi connectivity index (χ0) is 11.1. The molecule has 0 aliphatic heterocycles. The SMILES string of the molecule is C/C=C/CCNC(=O)C1CCC(C)CC1. The zero-order valence-electron chi connectivity index (χ0n) is 9.96. The Balaban J connectivity index is 2.16. The Hall–Kier alpha value is -0.790. The molecule has 1 aliphatic rings. The van der Waals surface area contributed by atoms with Crippen molar-refractivity contribution < 1.29 is 4.79 Å². The van der Waals surface area contributed by atoms with E-state index in [-0.39, 0.29) is 11.8 Å². The molecule has 2 nitrogen and oxygen atoms in total. The molecule has 0 aromatic heterocycles. The van der Waals surface area contributed by atoms with E-state index in [4.69, 9.17) is 0 Å². The Morgan fingerprint density at radius 1 is 1.33 bits per heavy atom.